The first kappa shape index (κ1) is 15.2. The number of nitrogens with one attached hydrogen (secondary N) is 1. The van der Waals surface area contributed by atoms with E-state index in [9.17, 15) is 5.11 Å². The molecule has 0 radical (unpaired) electrons. The molecule has 2 heterocycles. The molecule has 5 heteroatoms. The first-order valence-corrected chi connectivity index (χ1v) is 8.38. The number of para-hydroxylation sites is 2. The fourth-order valence-corrected chi connectivity index (χ4v) is 3.36. The smallest absolute Gasteiger partial charge is 0.123 e. The lowest BCUT2D eigenvalue weighted by molar-refractivity contribution is 0.157. The Hall–Kier alpha value is -1.69. The maximum Gasteiger partial charge on any atom is 0.123 e. The number of rotatable bonds is 6. The molecule has 0 aliphatic rings. The minimum atomic E-state index is -0.400. The molecule has 3 aromatic rings. The number of aliphatic hydroxyl groups is 1. The second-order valence-corrected chi connectivity index (χ2v) is 6.60. The monoisotopic (exact) mass is 315 g/mol. The first-order valence-electron chi connectivity index (χ1n) is 7.50. The van der Waals surface area contributed by atoms with Gasteiger partial charge in [-0.05, 0) is 36.9 Å². The molecular weight excluding hydrogens is 294 g/mol. The van der Waals surface area contributed by atoms with E-state index in [1.807, 2.05) is 42.8 Å². The van der Waals surface area contributed by atoms with Gasteiger partial charge in [-0.15, -0.1) is 11.3 Å². The Balaban J connectivity index is 1.60. The average molecular weight is 315 g/mol. The highest BCUT2D eigenvalue weighted by atomic mass is 32.1. The fourth-order valence-electron chi connectivity index (χ4n) is 2.63. The number of imidazole rings is 1. The van der Waals surface area contributed by atoms with E-state index in [-0.39, 0.29) is 6.04 Å². The van der Waals surface area contributed by atoms with Crippen LogP contribution < -0.4 is 5.32 Å². The van der Waals surface area contributed by atoms with Crippen molar-refractivity contribution < 1.29 is 5.11 Å². The molecule has 0 spiro atoms. The largest absolute Gasteiger partial charge is 0.388 e. The van der Waals surface area contributed by atoms with E-state index in [4.69, 9.17) is 0 Å². The molecule has 0 saturated heterocycles. The molecule has 3 rings (SSSR count). The zero-order valence-corrected chi connectivity index (χ0v) is 13.7. The molecule has 2 N–H and O–H groups in total. The lowest BCUT2D eigenvalue weighted by Crippen LogP contribution is -2.28. The third kappa shape index (κ3) is 3.21. The van der Waals surface area contributed by atoms with Crippen molar-refractivity contribution in [1.29, 1.82) is 0 Å². The van der Waals surface area contributed by atoms with Gasteiger partial charge in [0.25, 0.3) is 0 Å². The molecule has 116 valence electrons. The fraction of sp³-hybridized carbons (Fsp3) is 0.353. The number of aliphatic hydroxyl groups excluding tert-OH is 1. The maximum absolute atomic E-state index is 10.2. The quantitative estimate of drug-likeness (QED) is 0.734. The summed E-state index contributed by atoms with van der Waals surface area (Å²) >= 11 is 1.60. The molecule has 4 nitrogen and oxygen atoms in total. The van der Waals surface area contributed by atoms with Gasteiger partial charge in [0, 0.05) is 18.0 Å². The Morgan fingerprint density at radius 1 is 1.27 bits per heavy atom. The van der Waals surface area contributed by atoms with Gasteiger partial charge in [-0.2, -0.15) is 0 Å². The lowest BCUT2D eigenvalue weighted by Gasteiger charge is -2.17. The number of thiophene rings is 1. The Morgan fingerprint density at radius 2 is 2.09 bits per heavy atom. The second kappa shape index (κ2) is 6.60. The summed E-state index contributed by atoms with van der Waals surface area (Å²) in [6.45, 7) is 2.79. The molecule has 0 aliphatic heterocycles. The van der Waals surface area contributed by atoms with E-state index in [0.717, 1.165) is 21.7 Å². The molecule has 0 fully saturated rings. The molecule has 2 aromatic heterocycles. The van der Waals surface area contributed by atoms with Crippen LogP contribution in [-0.4, -0.2) is 20.7 Å². The number of hydrogen-bond donors (Lipinski definition) is 2. The molecule has 22 heavy (non-hydrogen) atoms. The minimum Gasteiger partial charge on any atom is -0.388 e. The molecule has 0 amide bonds. The standard InChI is InChI=1S/C17H21N3OS/c1-12(10-15(21)16-8-5-9-22-16)18-11-17-19-13-6-3-4-7-14(13)20(17)2/h3-9,12,15,18,21H,10-11H2,1-2H3/t12-,15-/m0/s1. The van der Waals surface area contributed by atoms with Gasteiger partial charge in [-0.25, -0.2) is 4.98 Å². The number of benzene rings is 1. The van der Waals surface area contributed by atoms with E-state index in [0.29, 0.717) is 13.0 Å². The second-order valence-electron chi connectivity index (χ2n) is 5.62. The van der Waals surface area contributed by atoms with Crippen LogP contribution in [0.4, 0.5) is 0 Å². The van der Waals surface area contributed by atoms with Crippen molar-refractivity contribution in [3.8, 4) is 0 Å². The summed E-state index contributed by atoms with van der Waals surface area (Å²) < 4.78 is 2.12. The summed E-state index contributed by atoms with van der Waals surface area (Å²) in [7, 11) is 2.04. The lowest BCUT2D eigenvalue weighted by atomic mass is 10.1. The predicted molar refractivity (Wildman–Crippen MR) is 90.9 cm³/mol. The van der Waals surface area contributed by atoms with Crippen LogP contribution in [0.25, 0.3) is 11.0 Å². The van der Waals surface area contributed by atoms with Crippen LogP contribution in [0, 0.1) is 0 Å². The molecule has 0 unspecified atom stereocenters. The normalized spacial score (nSPS) is 14.3. The zero-order valence-electron chi connectivity index (χ0n) is 12.9. The number of aryl methyl sites for hydroxylation is 1. The number of aromatic nitrogens is 2. The third-order valence-corrected chi connectivity index (χ3v) is 4.91. The molecule has 1 aromatic carbocycles. The van der Waals surface area contributed by atoms with Crippen molar-refractivity contribution in [2.45, 2.75) is 32.0 Å². The Labute approximate surface area is 134 Å². The summed E-state index contributed by atoms with van der Waals surface area (Å²) in [6, 6.07) is 12.3. The average Bonchev–Trinajstić information content (AvgIpc) is 3.14. The number of hydrogen-bond acceptors (Lipinski definition) is 4. The van der Waals surface area contributed by atoms with Crippen LogP contribution in [0.15, 0.2) is 41.8 Å². The van der Waals surface area contributed by atoms with Crippen molar-refractivity contribution in [3.63, 3.8) is 0 Å². The molecule has 0 aliphatic carbocycles. The van der Waals surface area contributed by atoms with Crippen molar-refractivity contribution in [3.05, 3.63) is 52.5 Å². The van der Waals surface area contributed by atoms with Crippen LogP contribution >= 0.6 is 11.3 Å². The third-order valence-electron chi connectivity index (χ3n) is 3.94. The highest BCUT2D eigenvalue weighted by molar-refractivity contribution is 7.10. The van der Waals surface area contributed by atoms with Crippen LogP contribution in [0.5, 0.6) is 0 Å². The van der Waals surface area contributed by atoms with E-state index >= 15 is 0 Å². The topological polar surface area (TPSA) is 50.1 Å². The van der Waals surface area contributed by atoms with E-state index in [2.05, 4.69) is 27.9 Å². The van der Waals surface area contributed by atoms with E-state index < -0.39 is 6.10 Å². The van der Waals surface area contributed by atoms with Gasteiger partial charge in [-0.1, -0.05) is 18.2 Å². The Kier molecular flexibility index (Phi) is 4.57. The van der Waals surface area contributed by atoms with Gasteiger partial charge in [0.2, 0.25) is 0 Å². The van der Waals surface area contributed by atoms with Gasteiger partial charge >= 0.3 is 0 Å². The van der Waals surface area contributed by atoms with Gasteiger partial charge in [-0.3, -0.25) is 0 Å². The van der Waals surface area contributed by atoms with Gasteiger partial charge < -0.3 is 15.0 Å². The summed E-state index contributed by atoms with van der Waals surface area (Å²) in [4.78, 5) is 5.68. The van der Waals surface area contributed by atoms with Gasteiger partial charge in [0.15, 0.2) is 0 Å². The highest BCUT2D eigenvalue weighted by Crippen LogP contribution is 2.23. The Bertz CT molecular complexity index is 736. The molecule has 2 atom stereocenters. The van der Waals surface area contributed by atoms with Crippen molar-refractivity contribution in [1.82, 2.24) is 14.9 Å². The Morgan fingerprint density at radius 3 is 2.82 bits per heavy atom. The molecule has 0 bridgehead atoms. The summed E-state index contributed by atoms with van der Waals surface area (Å²) in [6.07, 6.45) is 0.299. The first-order chi connectivity index (χ1) is 10.6. The van der Waals surface area contributed by atoms with Crippen molar-refractivity contribution >= 4 is 22.4 Å². The number of nitrogens with zero attached hydrogens (tertiary/aromatic N) is 2. The summed E-state index contributed by atoms with van der Waals surface area (Å²) in [5.74, 6) is 1.01. The van der Waals surface area contributed by atoms with Gasteiger partial charge in [0.1, 0.15) is 5.82 Å². The highest BCUT2D eigenvalue weighted by Gasteiger charge is 2.14. The SMILES string of the molecule is C[C@@H](C[C@H](O)c1cccs1)NCc1nc2ccccc2n1C. The zero-order chi connectivity index (χ0) is 15.5. The van der Waals surface area contributed by atoms with Gasteiger partial charge in [0.05, 0.1) is 23.7 Å². The minimum absolute atomic E-state index is 0.219. The molecule has 0 saturated carbocycles. The number of fused-ring (bicyclic) bond motifs is 1. The predicted octanol–water partition coefficient (Wildman–Crippen LogP) is 3.24. The van der Waals surface area contributed by atoms with Crippen LogP contribution in [0.2, 0.25) is 0 Å². The summed E-state index contributed by atoms with van der Waals surface area (Å²) in [5.41, 5.74) is 2.17. The van der Waals surface area contributed by atoms with Crippen LogP contribution in [0.1, 0.15) is 30.2 Å². The van der Waals surface area contributed by atoms with E-state index in [1.54, 1.807) is 11.3 Å². The maximum atomic E-state index is 10.2. The van der Waals surface area contributed by atoms with Crippen molar-refractivity contribution in [2.75, 3.05) is 0 Å². The van der Waals surface area contributed by atoms with E-state index in [1.165, 1.54) is 0 Å². The van der Waals surface area contributed by atoms with Crippen LogP contribution in [-0.2, 0) is 13.6 Å². The molecular formula is C17H21N3OS. The summed E-state index contributed by atoms with van der Waals surface area (Å²) in [5, 5.41) is 15.6. The van der Waals surface area contributed by atoms with Crippen LogP contribution in [0.3, 0.4) is 0 Å². The van der Waals surface area contributed by atoms with Crippen molar-refractivity contribution in [2.24, 2.45) is 7.05 Å².